The highest BCUT2D eigenvalue weighted by molar-refractivity contribution is 9.10. The molecule has 1 atom stereocenters. The Labute approximate surface area is 114 Å². The molecule has 2 rings (SSSR count). The van der Waals surface area contributed by atoms with Crippen molar-refractivity contribution in [1.29, 1.82) is 0 Å². The molecule has 0 aromatic carbocycles. The van der Waals surface area contributed by atoms with E-state index in [0.717, 1.165) is 22.2 Å². The van der Waals surface area contributed by atoms with Crippen LogP contribution in [0.3, 0.4) is 0 Å². The Morgan fingerprint density at radius 2 is 2.31 bits per heavy atom. The lowest BCUT2D eigenvalue weighted by atomic mass is 10.0. The van der Waals surface area contributed by atoms with Gasteiger partial charge >= 0.3 is 0 Å². The van der Waals surface area contributed by atoms with Crippen molar-refractivity contribution < 1.29 is 0 Å². The van der Waals surface area contributed by atoms with E-state index >= 15 is 0 Å². The maximum atomic E-state index is 4.56. The molecule has 0 spiro atoms. The summed E-state index contributed by atoms with van der Waals surface area (Å²) in [5.74, 6) is 1.15. The minimum absolute atomic E-state index is 0.598. The number of aryl methyl sites for hydroxylation is 1. The van der Waals surface area contributed by atoms with Crippen LogP contribution in [0.25, 0.3) is 0 Å². The van der Waals surface area contributed by atoms with Gasteiger partial charge in [0.05, 0.1) is 0 Å². The first-order valence-electron chi connectivity index (χ1n) is 5.67. The number of alkyl halides is 1. The highest BCUT2D eigenvalue weighted by atomic mass is 79.9. The largest absolute Gasteiger partial charge is 0.353 e. The molecule has 0 bridgehead atoms. The van der Waals surface area contributed by atoms with Crippen LogP contribution in [-0.4, -0.2) is 22.9 Å². The van der Waals surface area contributed by atoms with E-state index in [1.165, 1.54) is 24.8 Å². The van der Waals surface area contributed by atoms with Crippen molar-refractivity contribution in [2.24, 2.45) is 0 Å². The number of piperidine rings is 1. The van der Waals surface area contributed by atoms with Gasteiger partial charge in [0.25, 0.3) is 0 Å². The van der Waals surface area contributed by atoms with Crippen LogP contribution in [-0.2, 0) is 0 Å². The highest BCUT2D eigenvalue weighted by Gasteiger charge is 2.23. The van der Waals surface area contributed by atoms with Crippen molar-refractivity contribution in [3.8, 4) is 0 Å². The SMILES string of the molecule is Cc1cc(Br)cnc1N1CCCCC1CBr. The molecule has 16 heavy (non-hydrogen) atoms. The second kappa shape index (κ2) is 5.50. The van der Waals surface area contributed by atoms with Crippen LogP contribution in [0.5, 0.6) is 0 Å². The van der Waals surface area contributed by atoms with E-state index in [-0.39, 0.29) is 0 Å². The molecule has 1 aliphatic heterocycles. The topological polar surface area (TPSA) is 16.1 Å². The van der Waals surface area contributed by atoms with E-state index in [4.69, 9.17) is 0 Å². The van der Waals surface area contributed by atoms with Crippen LogP contribution in [0.15, 0.2) is 16.7 Å². The molecule has 1 saturated heterocycles. The third-order valence-electron chi connectivity index (χ3n) is 3.09. The Bertz CT molecular complexity index is 368. The van der Waals surface area contributed by atoms with Crippen molar-refractivity contribution in [1.82, 2.24) is 4.98 Å². The van der Waals surface area contributed by atoms with Crippen LogP contribution in [0.1, 0.15) is 24.8 Å². The smallest absolute Gasteiger partial charge is 0.131 e. The zero-order valence-corrected chi connectivity index (χ0v) is 12.6. The molecule has 1 unspecified atom stereocenters. The van der Waals surface area contributed by atoms with E-state index in [2.05, 4.69) is 54.7 Å². The Morgan fingerprint density at radius 1 is 1.50 bits per heavy atom. The van der Waals surface area contributed by atoms with E-state index in [1.807, 2.05) is 6.20 Å². The van der Waals surface area contributed by atoms with Gasteiger partial charge < -0.3 is 4.90 Å². The summed E-state index contributed by atoms with van der Waals surface area (Å²) in [7, 11) is 0. The van der Waals surface area contributed by atoms with Gasteiger partial charge in [-0.3, -0.25) is 0 Å². The molecule has 1 aliphatic rings. The van der Waals surface area contributed by atoms with Crippen LogP contribution < -0.4 is 4.90 Å². The van der Waals surface area contributed by atoms with E-state index < -0.39 is 0 Å². The second-order valence-electron chi connectivity index (χ2n) is 4.29. The van der Waals surface area contributed by atoms with E-state index in [1.54, 1.807) is 0 Å². The molecular formula is C12H16Br2N2. The minimum atomic E-state index is 0.598. The number of rotatable bonds is 2. The van der Waals surface area contributed by atoms with Crippen LogP contribution in [0, 0.1) is 6.92 Å². The Hall–Kier alpha value is -0.0900. The van der Waals surface area contributed by atoms with Crippen molar-refractivity contribution in [3.63, 3.8) is 0 Å². The molecule has 4 heteroatoms. The van der Waals surface area contributed by atoms with Gasteiger partial charge in [0, 0.05) is 28.6 Å². The van der Waals surface area contributed by atoms with Crippen molar-refractivity contribution >= 4 is 37.7 Å². The second-order valence-corrected chi connectivity index (χ2v) is 5.85. The summed E-state index contributed by atoms with van der Waals surface area (Å²) in [6, 6.07) is 2.74. The lowest BCUT2D eigenvalue weighted by molar-refractivity contribution is 0.487. The van der Waals surface area contributed by atoms with Gasteiger partial charge in [-0.05, 0) is 53.7 Å². The average molecular weight is 348 g/mol. The van der Waals surface area contributed by atoms with Crippen molar-refractivity contribution in [2.45, 2.75) is 32.2 Å². The zero-order chi connectivity index (χ0) is 11.5. The monoisotopic (exact) mass is 346 g/mol. The zero-order valence-electron chi connectivity index (χ0n) is 9.42. The fourth-order valence-electron chi connectivity index (χ4n) is 2.27. The summed E-state index contributed by atoms with van der Waals surface area (Å²) in [5.41, 5.74) is 1.25. The first-order valence-corrected chi connectivity index (χ1v) is 7.58. The lowest BCUT2D eigenvalue weighted by Gasteiger charge is -2.36. The lowest BCUT2D eigenvalue weighted by Crippen LogP contribution is -2.41. The molecule has 2 nitrogen and oxygen atoms in total. The maximum Gasteiger partial charge on any atom is 0.131 e. The standard InChI is InChI=1S/C12H16Br2N2/c1-9-6-10(14)8-15-12(9)16-5-3-2-4-11(16)7-13/h6,8,11H,2-5,7H2,1H3. The number of anilines is 1. The normalized spacial score (nSPS) is 21.2. The number of hydrogen-bond donors (Lipinski definition) is 0. The third kappa shape index (κ3) is 2.59. The van der Waals surface area contributed by atoms with Gasteiger partial charge in [0.15, 0.2) is 0 Å². The summed E-state index contributed by atoms with van der Waals surface area (Å²) < 4.78 is 1.06. The van der Waals surface area contributed by atoms with Gasteiger partial charge in [-0.25, -0.2) is 4.98 Å². The van der Waals surface area contributed by atoms with Gasteiger partial charge in [0.1, 0.15) is 5.82 Å². The minimum Gasteiger partial charge on any atom is -0.353 e. The number of hydrogen-bond acceptors (Lipinski definition) is 2. The highest BCUT2D eigenvalue weighted by Crippen LogP contribution is 2.28. The molecule has 88 valence electrons. The summed E-state index contributed by atoms with van der Waals surface area (Å²) in [6.07, 6.45) is 5.77. The predicted octanol–water partition coefficient (Wildman–Crippen LogP) is 3.91. The van der Waals surface area contributed by atoms with Gasteiger partial charge in [0.2, 0.25) is 0 Å². The predicted molar refractivity (Wildman–Crippen MR) is 75.5 cm³/mol. The quantitative estimate of drug-likeness (QED) is 0.754. The molecule has 0 saturated carbocycles. The van der Waals surface area contributed by atoms with E-state index in [0.29, 0.717) is 6.04 Å². The number of aromatic nitrogens is 1. The van der Waals surface area contributed by atoms with Crippen molar-refractivity contribution in [3.05, 3.63) is 22.3 Å². The van der Waals surface area contributed by atoms with Crippen LogP contribution in [0.2, 0.25) is 0 Å². The fourth-order valence-corrected chi connectivity index (χ4v) is 3.39. The van der Waals surface area contributed by atoms with Gasteiger partial charge in [-0.15, -0.1) is 0 Å². The molecule has 1 aromatic rings. The maximum absolute atomic E-state index is 4.56. The molecule has 1 fully saturated rings. The Morgan fingerprint density at radius 3 is 3.00 bits per heavy atom. The molecular weight excluding hydrogens is 332 g/mol. The number of pyridine rings is 1. The third-order valence-corrected chi connectivity index (χ3v) is 4.28. The van der Waals surface area contributed by atoms with Crippen LogP contribution >= 0.6 is 31.9 Å². The average Bonchev–Trinajstić information content (AvgIpc) is 2.29. The van der Waals surface area contributed by atoms with Gasteiger partial charge in [-0.2, -0.15) is 0 Å². The Kier molecular flexibility index (Phi) is 4.25. The summed E-state index contributed by atoms with van der Waals surface area (Å²) in [4.78, 5) is 7.00. The number of halogens is 2. The van der Waals surface area contributed by atoms with Gasteiger partial charge in [-0.1, -0.05) is 15.9 Å². The summed E-state index contributed by atoms with van der Waals surface area (Å²) in [6.45, 7) is 3.26. The van der Waals surface area contributed by atoms with Crippen LogP contribution in [0.4, 0.5) is 5.82 Å². The number of nitrogens with zero attached hydrogens (tertiary/aromatic N) is 2. The Balaban J connectivity index is 2.27. The molecule has 0 aliphatic carbocycles. The molecule has 0 N–H and O–H groups in total. The van der Waals surface area contributed by atoms with Crippen molar-refractivity contribution in [2.75, 3.05) is 16.8 Å². The van der Waals surface area contributed by atoms with E-state index in [9.17, 15) is 0 Å². The molecule has 0 radical (unpaired) electrons. The molecule has 2 heterocycles. The summed E-state index contributed by atoms with van der Waals surface area (Å²) in [5, 5.41) is 1.03. The fraction of sp³-hybridized carbons (Fsp3) is 0.583. The first kappa shape index (κ1) is 12.4. The molecule has 0 amide bonds. The first-order chi connectivity index (χ1) is 7.72. The summed E-state index contributed by atoms with van der Waals surface area (Å²) >= 11 is 7.07. The molecule has 1 aromatic heterocycles.